The van der Waals surface area contributed by atoms with Gasteiger partial charge in [0, 0.05) is 6.54 Å². The number of nitrogens with zero attached hydrogens (tertiary/aromatic N) is 1. The number of hydrogen-bond acceptors (Lipinski definition) is 5. The third-order valence-corrected chi connectivity index (χ3v) is 3.35. The number of hydrogen-bond donors (Lipinski definition) is 1. The summed E-state index contributed by atoms with van der Waals surface area (Å²) in [5, 5.41) is 0. The predicted molar refractivity (Wildman–Crippen MR) is 72.6 cm³/mol. The molecule has 1 fully saturated rings. The summed E-state index contributed by atoms with van der Waals surface area (Å²) < 4.78 is 10.4. The topological polar surface area (TPSA) is 81.9 Å². The van der Waals surface area contributed by atoms with Gasteiger partial charge in [-0.15, -0.1) is 0 Å². The Balaban J connectivity index is 2.04. The first kappa shape index (κ1) is 14.3. The van der Waals surface area contributed by atoms with E-state index >= 15 is 0 Å². The number of benzene rings is 1. The highest BCUT2D eigenvalue weighted by Crippen LogP contribution is 2.27. The van der Waals surface area contributed by atoms with Crippen molar-refractivity contribution < 1.29 is 19.1 Å². The van der Waals surface area contributed by atoms with Crippen LogP contribution in [0.3, 0.4) is 0 Å². The van der Waals surface area contributed by atoms with Crippen molar-refractivity contribution in [2.75, 3.05) is 20.8 Å². The second kappa shape index (κ2) is 5.92. The lowest BCUT2D eigenvalue weighted by atomic mass is 10.1. The Hall–Kier alpha value is -2.08. The summed E-state index contributed by atoms with van der Waals surface area (Å²) in [5.74, 6) is 0.769. The lowest BCUT2D eigenvalue weighted by molar-refractivity contribution is -0.138. The van der Waals surface area contributed by atoms with Crippen LogP contribution in [0.25, 0.3) is 0 Å². The Morgan fingerprint density at radius 2 is 1.95 bits per heavy atom. The van der Waals surface area contributed by atoms with Crippen molar-refractivity contribution in [2.45, 2.75) is 18.9 Å². The predicted octanol–water partition coefficient (Wildman–Crippen LogP) is 0.333. The van der Waals surface area contributed by atoms with Crippen molar-refractivity contribution >= 4 is 11.8 Å². The van der Waals surface area contributed by atoms with Gasteiger partial charge in [0.1, 0.15) is 0 Å². The molecule has 2 rings (SSSR count). The molecule has 2 amide bonds. The summed E-state index contributed by atoms with van der Waals surface area (Å²) >= 11 is 0. The van der Waals surface area contributed by atoms with Gasteiger partial charge in [-0.1, -0.05) is 6.07 Å². The number of amides is 2. The van der Waals surface area contributed by atoms with Gasteiger partial charge in [-0.25, -0.2) is 0 Å². The summed E-state index contributed by atoms with van der Waals surface area (Å²) in [5.41, 5.74) is 6.52. The molecule has 20 heavy (non-hydrogen) atoms. The van der Waals surface area contributed by atoms with E-state index in [4.69, 9.17) is 15.2 Å². The lowest BCUT2D eigenvalue weighted by Crippen LogP contribution is -2.36. The van der Waals surface area contributed by atoms with Crippen molar-refractivity contribution in [1.29, 1.82) is 0 Å². The molecule has 0 radical (unpaired) electrons. The quantitative estimate of drug-likeness (QED) is 0.785. The fourth-order valence-electron chi connectivity index (χ4n) is 2.22. The molecule has 1 saturated heterocycles. The molecule has 1 aromatic rings. The van der Waals surface area contributed by atoms with E-state index in [0.29, 0.717) is 24.5 Å². The summed E-state index contributed by atoms with van der Waals surface area (Å²) in [6.07, 6.45) is 0.662. The van der Waals surface area contributed by atoms with Crippen molar-refractivity contribution in [1.82, 2.24) is 4.90 Å². The van der Waals surface area contributed by atoms with Crippen LogP contribution in [0.2, 0.25) is 0 Å². The number of likely N-dealkylation sites (tertiary alicyclic amines) is 1. The first-order chi connectivity index (χ1) is 9.56. The Morgan fingerprint density at radius 3 is 2.50 bits per heavy atom. The van der Waals surface area contributed by atoms with Crippen LogP contribution in [0.4, 0.5) is 0 Å². The maximum absolute atomic E-state index is 11.7. The van der Waals surface area contributed by atoms with Crippen molar-refractivity contribution in [3.8, 4) is 11.5 Å². The zero-order valence-corrected chi connectivity index (χ0v) is 11.6. The van der Waals surface area contributed by atoms with Crippen LogP contribution in [-0.2, 0) is 16.0 Å². The Bertz CT molecular complexity index is 530. The molecule has 1 aliphatic heterocycles. The molecule has 1 aliphatic rings. The highest BCUT2D eigenvalue weighted by Gasteiger charge is 2.35. The van der Waals surface area contributed by atoms with E-state index in [0.717, 1.165) is 5.56 Å². The second-order valence-electron chi connectivity index (χ2n) is 4.63. The van der Waals surface area contributed by atoms with Gasteiger partial charge in [0.2, 0.25) is 11.8 Å². The zero-order valence-electron chi connectivity index (χ0n) is 11.6. The molecule has 0 spiro atoms. The minimum Gasteiger partial charge on any atom is -0.493 e. The molecule has 0 aromatic heterocycles. The highest BCUT2D eigenvalue weighted by atomic mass is 16.5. The smallest absolute Gasteiger partial charge is 0.246 e. The molecular weight excluding hydrogens is 260 g/mol. The lowest BCUT2D eigenvalue weighted by Gasteiger charge is -2.15. The number of carbonyl (C=O) groups excluding carboxylic acids is 2. The second-order valence-corrected chi connectivity index (χ2v) is 4.63. The third kappa shape index (κ3) is 2.75. The SMILES string of the molecule is COc1ccc(CCN2C(=O)C[C@H](N)C2=O)cc1OC. The maximum atomic E-state index is 11.7. The van der Waals surface area contributed by atoms with E-state index in [2.05, 4.69) is 0 Å². The average molecular weight is 278 g/mol. The molecule has 108 valence electrons. The molecule has 1 atom stereocenters. The Labute approximate surface area is 117 Å². The molecule has 6 nitrogen and oxygen atoms in total. The van der Waals surface area contributed by atoms with E-state index in [9.17, 15) is 9.59 Å². The van der Waals surface area contributed by atoms with Crippen LogP contribution in [0.5, 0.6) is 11.5 Å². The van der Waals surface area contributed by atoms with E-state index in [1.54, 1.807) is 20.3 Å². The Kier molecular flexibility index (Phi) is 4.24. The zero-order chi connectivity index (χ0) is 14.7. The van der Waals surface area contributed by atoms with E-state index < -0.39 is 6.04 Å². The van der Waals surface area contributed by atoms with Gasteiger partial charge >= 0.3 is 0 Å². The first-order valence-electron chi connectivity index (χ1n) is 6.37. The largest absolute Gasteiger partial charge is 0.493 e. The summed E-state index contributed by atoms with van der Waals surface area (Å²) in [6.45, 7) is 0.334. The van der Waals surface area contributed by atoms with Gasteiger partial charge < -0.3 is 15.2 Å². The highest BCUT2D eigenvalue weighted by molar-refractivity contribution is 6.05. The fraction of sp³-hybridized carbons (Fsp3) is 0.429. The van der Waals surface area contributed by atoms with Gasteiger partial charge in [-0.2, -0.15) is 0 Å². The number of imide groups is 1. The van der Waals surface area contributed by atoms with Crippen LogP contribution in [0, 0.1) is 0 Å². The molecule has 0 unspecified atom stereocenters. The normalized spacial score (nSPS) is 18.6. The van der Waals surface area contributed by atoms with Crippen LogP contribution >= 0.6 is 0 Å². The number of methoxy groups -OCH3 is 2. The number of ether oxygens (including phenoxy) is 2. The Morgan fingerprint density at radius 1 is 1.25 bits per heavy atom. The van der Waals surface area contributed by atoms with Crippen molar-refractivity contribution in [3.63, 3.8) is 0 Å². The molecule has 1 aromatic carbocycles. The van der Waals surface area contributed by atoms with Gasteiger partial charge in [0.05, 0.1) is 26.7 Å². The minimum atomic E-state index is -0.687. The maximum Gasteiger partial charge on any atom is 0.246 e. The van der Waals surface area contributed by atoms with Gasteiger partial charge in [0.25, 0.3) is 0 Å². The van der Waals surface area contributed by atoms with E-state index in [1.807, 2.05) is 12.1 Å². The van der Waals surface area contributed by atoms with Gasteiger partial charge in [0.15, 0.2) is 11.5 Å². The molecular formula is C14H18N2O4. The number of nitrogens with two attached hydrogens (primary N) is 1. The van der Waals surface area contributed by atoms with Crippen molar-refractivity contribution in [2.24, 2.45) is 5.73 Å². The first-order valence-corrected chi connectivity index (χ1v) is 6.37. The van der Waals surface area contributed by atoms with Crippen LogP contribution < -0.4 is 15.2 Å². The number of carbonyl (C=O) groups is 2. The fourth-order valence-corrected chi connectivity index (χ4v) is 2.22. The minimum absolute atomic E-state index is 0.102. The molecule has 2 N–H and O–H groups in total. The monoisotopic (exact) mass is 278 g/mol. The third-order valence-electron chi connectivity index (χ3n) is 3.35. The average Bonchev–Trinajstić information content (AvgIpc) is 2.70. The van der Waals surface area contributed by atoms with E-state index in [1.165, 1.54) is 4.90 Å². The molecule has 0 bridgehead atoms. The molecule has 6 heteroatoms. The summed E-state index contributed by atoms with van der Waals surface area (Å²) in [6, 6.07) is 4.83. The van der Waals surface area contributed by atoms with Crippen LogP contribution in [0.15, 0.2) is 18.2 Å². The van der Waals surface area contributed by atoms with Crippen molar-refractivity contribution in [3.05, 3.63) is 23.8 Å². The van der Waals surface area contributed by atoms with Crippen LogP contribution in [0.1, 0.15) is 12.0 Å². The summed E-state index contributed by atoms with van der Waals surface area (Å²) in [7, 11) is 3.13. The number of rotatable bonds is 5. The molecule has 0 aliphatic carbocycles. The van der Waals surface area contributed by atoms with Crippen LogP contribution in [-0.4, -0.2) is 43.5 Å². The van der Waals surface area contributed by atoms with Gasteiger partial charge in [-0.05, 0) is 24.1 Å². The molecule has 1 heterocycles. The summed E-state index contributed by atoms with van der Waals surface area (Å²) in [4.78, 5) is 24.5. The standard InChI is InChI=1S/C14H18N2O4/c1-19-11-4-3-9(7-12(11)20-2)5-6-16-13(17)8-10(15)14(16)18/h3-4,7,10H,5-6,8,15H2,1-2H3/t10-/m0/s1. The van der Waals surface area contributed by atoms with E-state index in [-0.39, 0.29) is 18.2 Å². The van der Waals surface area contributed by atoms with Gasteiger partial charge in [-0.3, -0.25) is 14.5 Å². The molecule has 0 saturated carbocycles.